The molecule has 2 N–H and O–H groups in total. The smallest absolute Gasteiger partial charge is 0.329 e. The van der Waals surface area contributed by atoms with Gasteiger partial charge in [-0.15, -0.1) is 11.8 Å². The highest BCUT2D eigenvalue weighted by Crippen LogP contribution is 2.33. The Morgan fingerprint density at radius 1 is 0.786 bits per heavy atom. The first-order chi connectivity index (χ1) is 20.5. The molecule has 1 heterocycles. The summed E-state index contributed by atoms with van der Waals surface area (Å²) in [4.78, 5) is 27.7. The van der Waals surface area contributed by atoms with Crippen LogP contribution in [0.3, 0.4) is 0 Å². The third kappa shape index (κ3) is 9.01. The lowest BCUT2D eigenvalue weighted by Crippen LogP contribution is -2.49. The van der Waals surface area contributed by atoms with Gasteiger partial charge in [0.25, 0.3) is 5.56 Å². The van der Waals surface area contributed by atoms with Gasteiger partial charge in [-0.05, 0) is 29.4 Å². The summed E-state index contributed by atoms with van der Waals surface area (Å²) in [5, 5.41) is 11.0. The van der Waals surface area contributed by atoms with E-state index < -0.39 is 34.9 Å². The normalized spacial score (nSPS) is 14.3. The summed E-state index contributed by atoms with van der Waals surface area (Å²) in [5.41, 5.74) is 2.25. The van der Waals surface area contributed by atoms with Crippen LogP contribution in [-0.2, 0) is 34.0 Å². The zero-order valence-corrected chi connectivity index (χ0v) is 24.7. The molecule has 0 aliphatic rings. The van der Waals surface area contributed by atoms with Crippen LogP contribution in [0.2, 0.25) is 0 Å². The van der Waals surface area contributed by atoms with E-state index in [4.69, 9.17) is 14.2 Å². The first kappa shape index (κ1) is 31.5. The molecule has 0 spiro atoms. The van der Waals surface area contributed by atoms with Crippen molar-refractivity contribution in [2.75, 3.05) is 12.4 Å². The van der Waals surface area contributed by atoms with E-state index in [2.05, 4.69) is 4.98 Å². The molecule has 0 radical (unpaired) electrons. The molecule has 0 aliphatic heterocycles. The molecule has 1 aromatic heterocycles. The second-order valence-corrected chi connectivity index (χ2v) is 11.3. The molecular weight excluding hydrogens is 552 g/mol. The van der Waals surface area contributed by atoms with E-state index in [-0.39, 0.29) is 19.8 Å². The van der Waals surface area contributed by atoms with Crippen molar-refractivity contribution in [1.82, 2.24) is 9.55 Å². The Balaban J connectivity index is 1.68. The maximum absolute atomic E-state index is 13.1. The van der Waals surface area contributed by atoms with Crippen molar-refractivity contribution in [3.8, 4) is 0 Å². The molecule has 0 amide bonds. The number of nitrogens with zero attached hydrogens (tertiary/aromatic N) is 1. The predicted molar refractivity (Wildman–Crippen MR) is 165 cm³/mol. The highest BCUT2D eigenvalue weighted by molar-refractivity contribution is 7.99. The first-order valence-corrected chi connectivity index (χ1v) is 15.1. The highest BCUT2D eigenvalue weighted by Gasteiger charge is 2.38. The fourth-order valence-electron chi connectivity index (χ4n) is 4.54. The molecule has 42 heavy (non-hydrogen) atoms. The van der Waals surface area contributed by atoms with Gasteiger partial charge in [-0.1, -0.05) is 97.9 Å². The van der Waals surface area contributed by atoms with Gasteiger partial charge in [0.15, 0.2) is 0 Å². The fraction of sp³-hybridized carbons (Fsp3) is 0.333. The van der Waals surface area contributed by atoms with Crippen LogP contribution >= 0.6 is 11.8 Å². The summed E-state index contributed by atoms with van der Waals surface area (Å²) in [6.07, 6.45) is -1.22. The zero-order chi connectivity index (χ0) is 29.7. The van der Waals surface area contributed by atoms with Crippen LogP contribution in [0.1, 0.15) is 34.6 Å². The van der Waals surface area contributed by atoms with E-state index in [1.165, 1.54) is 16.3 Å². The number of aryl methyl sites for hydroxylation is 1. The minimum absolute atomic E-state index is 0.0113. The van der Waals surface area contributed by atoms with E-state index in [0.29, 0.717) is 17.9 Å². The topological polar surface area (TPSA) is 103 Å². The Kier molecular flexibility index (Phi) is 12.2. The van der Waals surface area contributed by atoms with Gasteiger partial charge in [0.2, 0.25) is 0 Å². The number of benzene rings is 3. The van der Waals surface area contributed by atoms with Crippen molar-refractivity contribution < 1.29 is 19.3 Å². The average Bonchev–Trinajstić information content (AvgIpc) is 3.01. The molecule has 1 unspecified atom stereocenters. The molecular formula is C33H38N2O6S. The molecule has 9 heteroatoms. The van der Waals surface area contributed by atoms with Crippen molar-refractivity contribution >= 4 is 11.8 Å². The third-order valence-electron chi connectivity index (χ3n) is 6.71. The molecule has 4 aromatic rings. The van der Waals surface area contributed by atoms with Crippen LogP contribution in [0.25, 0.3) is 0 Å². The first-order valence-electron chi connectivity index (χ1n) is 14.0. The lowest BCUT2D eigenvalue weighted by atomic mass is 10.1. The van der Waals surface area contributed by atoms with E-state index in [1.807, 2.05) is 97.9 Å². The Labute approximate surface area is 250 Å². The number of aliphatic hydroxyl groups excluding tert-OH is 1. The van der Waals surface area contributed by atoms with Crippen LogP contribution in [0.4, 0.5) is 0 Å². The Bertz CT molecular complexity index is 1460. The zero-order valence-electron chi connectivity index (χ0n) is 23.9. The number of hydrogen-bond donors (Lipinski definition) is 2. The van der Waals surface area contributed by atoms with Crippen molar-refractivity contribution in [2.24, 2.45) is 0 Å². The van der Waals surface area contributed by atoms with E-state index >= 15 is 0 Å². The lowest BCUT2D eigenvalue weighted by Gasteiger charge is -2.36. The van der Waals surface area contributed by atoms with Gasteiger partial charge in [-0.3, -0.25) is 14.3 Å². The third-order valence-corrected chi connectivity index (χ3v) is 7.88. The fourth-order valence-corrected chi connectivity index (χ4v) is 5.63. The summed E-state index contributed by atoms with van der Waals surface area (Å²) in [6, 6.07) is 29.1. The summed E-state index contributed by atoms with van der Waals surface area (Å²) < 4.78 is 20.4. The van der Waals surface area contributed by atoms with Gasteiger partial charge >= 0.3 is 5.69 Å². The quantitative estimate of drug-likeness (QED) is 0.192. The number of aromatic nitrogens is 2. The van der Waals surface area contributed by atoms with Crippen molar-refractivity contribution in [2.45, 2.75) is 57.4 Å². The molecule has 4 atom stereocenters. The van der Waals surface area contributed by atoms with Gasteiger partial charge in [0.1, 0.15) is 23.7 Å². The number of rotatable bonds is 16. The minimum atomic E-state index is -1.09. The monoisotopic (exact) mass is 590 g/mol. The number of ether oxygens (including phenoxy) is 3. The second-order valence-electron chi connectivity index (χ2n) is 9.92. The Hall–Kier alpha value is -3.47. The summed E-state index contributed by atoms with van der Waals surface area (Å²) in [5.74, 6) is 0.645. The van der Waals surface area contributed by atoms with Gasteiger partial charge in [-0.25, -0.2) is 4.79 Å². The van der Waals surface area contributed by atoms with E-state index in [1.54, 1.807) is 13.1 Å². The predicted octanol–water partition coefficient (Wildman–Crippen LogP) is 4.85. The van der Waals surface area contributed by atoms with Crippen molar-refractivity contribution in [3.05, 3.63) is 140 Å². The molecule has 222 valence electrons. The average molecular weight is 591 g/mol. The molecule has 0 fully saturated rings. The van der Waals surface area contributed by atoms with Gasteiger partial charge in [0, 0.05) is 11.8 Å². The van der Waals surface area contributed by atoms with Gasteiger partial charge in [0.05, 0.1) is 26.4 Å². The molecule has 0 bridgehead atoms. The van der Waals surface area contributed by atoms with Crippen LogP contribution in [0.15, 0.2) is 107 Å². The van der Waals surface area contributed by atoms with E-state index in [0.717, 1.165) is 16.7 Å². The van der Waals surface area contributed by atoms with Crippen LogP contribution < -0.4 is 11.2 Å². The van der Waals surface area contributed by atoms with Gasteiger partial charge in [-0.2, -0.15) is 0 Å². The highest BCUT2D eigenvalue weighted by atomic mass is 32.2. The van der Waals surface area contributed by atoms with Crippen molar-refractivity contribution in [1.29, 1.82) is 0 Å². The minimum Gasteiger partial charge on any atom is -0.388 e. The van der Waals surface area contributed by atoms with Crippen molar-refractivity contribution in [3.63, 3.8) is 0 Å². The molecule has 0 saturated carbocycles. The summed E-state index contributed by atoms with van der Waals surface area (Å²) >= 11 is 1.47. The largest absolute Gasteiger partial charge is 0.388 e. The number of aromatic amines is 1. The number of aliphatic hydroxyl groups is 1. The van der Waals surface area contributed by atoms with E-state index in [9.17, 15) is 14.7 Å². The number of H-pyrrole nitrogens is 1. The second kappa shape index (κ2) is 16.2. The number of nitrogens with one attached hydrogen (secondary N) is 1. The Morgan fingerprint density at radius 3 is 1.81 bits per heavy atom. The maximum Gasteiger partial charge on any atom is 0.329 e. The molecule has 8 nitrogen and oxygen atoms in total. The standard InChI is InChI=1S/C33H38N2O6S/c1-3-42-32(35-19-24(2)31(37)34-33(35)38)30(41-22-27-17-11-6-12-18-27)29(40-21-26-15-9-5-10-16-26)28(36)23-39-20-25-13-7-4-8-14-25/h4-19,28-30,32,36H,3,20-23H2,1-2H3,(H,34,37,38)/t28-,29-,30-,32?/m1/s1. The SMILES string of the molecule is CCSC([C@H](OCc1ccccc1)[C@H](OCc1ccccc1)[C@H](O)COCc1ccccc1)n1cc(C)c(=O)[nH]c1=O. The maximum atomic E-state index is 13.1. The van der Waals surface area contributed by atoms with Crippen LogP contribution in [0.5, 0.6) is 0 Å². The summed E-state index contributed by atoms with van der Waals surface area (Å²) in [7, 11) is 0. The van der Waals surface area contributed by atoms with Crippen LogP contribution in [0, 0.1) is 6.92 Å². The number of thioether (sulfide) groups is 1. The Morgan fingerprint density at radius 2 is 1.29 bits per heavy atom. The molecule has 0 aliphatic carbocycles. The van der Waals surface area contributed by atoms with Gasteiger partial charge < -0.3 is 19.3 Å². The number of hydrogen-bond acceptors (Lipinski definition) is 7. The molecule has 4 rings (SSSR count). The van der Waals surface area contributed by atoms with Crippen LogP contribution in [-0.4, -0.2) is 45.3 Å². The summed E-state index contributed by atoms with van der Waals surface area (Å²) in [6.45, 7) is 4.39. The lowest BCUT2D eigenvalue weighted by molar-refractivity contribution is -0.152. The molecule has 0 saturated heterocycles. The molecule has 3 aromatic carbocycles.